The Morgan fingerprint density at radius 3 is 1.94 bits per heavy atom. The summed E-state index contributed by atoms with van der Waals surface area (Å²) in [6, 6.07) is 11.9. The van der Waals surface area contributed by atoms with Gasteiger partial charge in [-0.1, -0.05) is 30.3 Å². The van der Waals surface area contributed by atoms with Crippen LogP contribution in [0.2, 0.25) is 0 Å². The smallest absolute Gasteiger partial charge is 0.385 e. The number of halogens is 9. The summed E-state index contributed by atoms with van der Waals surface area (Å²) in [7, 11) is 1.34. The molecule has 0 unspecified atom stereocenters. The van der Waals surface area contributed by atoms with Crippen LogP contribution in [0.25, 0.3) is 10.9 Å². The number of carbonyl (C=O) groups excluding carboxylic acids is 2. The Labute approximate surface area is 269 Å². The second-order valence-corrected chi connectivity index (χ2v) is 11.0. The first-order valence-electron chi connectivity index (χ1n) is 14.5. The molecule has 0 aliphatic rings. The molecular weight excluding hydrogens is 657 g/mol. The molecule has 3 aromatic carbocycles. The average molecular weight is 688 g/mol. The quantitative estimate of drug-likeness (QED) is 0.121. The number of aromatic amines is 1. The van der Waals surface area contributed by atoms with Gasteiger partial charge < -0.3 is 19.5 Å². The molecule has 2 amide bonds. The maximum atomic E-state index is 13.8. The highest BCUT2D eigenvalue weighted by Crippen LogP contribution is 2.37. The summed E-state index contributed by atoms with van der Waals surface area (Å²) >= 11 is 0. The molecule has 0 aliphatic heterocycles. The summed E-state index contributed by atoms with van der Waals surface area (Å²) in [4.78, 5) is 32.5. The Hall–Kier alpha value is -4.53. The van der Waals surface area contributed by atoms with E-state index in [1.807, 2.05) is 24.3 Å². The summed E-state index contributed by atoms with van der Waals surface area (Å²) in [5.74, 6) is -1.98. The van der Waals surface area contributed by atoms with E-state index < -0.39 is 59.1 Å². The number of rotatable bonds is 12. The monoisotopic (exact) mass is 687 g/mol. The Morgan fingerprint density at radius 1 is 0.750 bits per heavy atom. The highest BCUT2D eigenvalue weighted by molar-refractivity contribution is 5.97. The van der Waals surface area contributed by atoms with Gasteiger partial charge in [-0.15, -0.1) is 0 Å². The van der Waals surface area contributed by atoms with Gasteiger partial charge in [-0.3, -0.25) is 9.59 Å². The van der Waals surface area contributed by atoms with Gasteiger partial charge in [0.15, 0.2) is 0 Å². The van der Waals surface area contributed by atoms with Crippen LogP contribution in [0.3, 0.4) is 0 Å². The standard InChI is InChI=1S/C33H30F9N3O3/c1-48-14-4-12-45(30(47)23-15-25(32(37,38)39)17-26(16-23)33(40,41)42)20-29(46)44(19-21-7-9-24(10-8-21)31(34,35)36)13-11-22-18-43-28-6-3-2-5-27(22)28/h2-3,5-10,15-18,43H,4,11-14,19-20H2,1H3. The van der Waals surface area contributed by atoms with Crippen molar-refractivity contribution in [1.29, 1.82) is 0 Å². The largest absolute Gasteiger partial charge is 0.416 e. The zero-order chi connectivity index (χ0) is 35.3. The van der Waals surface area contributed by atoms with Gasteiger partial charge in [0.1, 0.15) is 6.54 Å². The number of methoxy groups -OCH3 is 1. The predicted molar refractivity (Wildman–Crippen MR) is 158 cm³/mol. The van der Waals surface area contributed by atoms with E-state index in [0.717, 1.165) is 33.5 Å². The molecule has 4 aromatic rings. The van der Waals surface area contributed by atoms with E-state index in [1.165, 1.54) is 24.1 Å². The van der Waals surface area contributed by atoms with Gasteiger partial charge in [0.25, 0.3) is 5.91 Å². The van der Waals surface area contributed by atoms with Gasteiger partial charge in [-0.2, -0.15) is 39.5 Å². The number of alkyl halides is 9. The van der Waals surface area contributed by atoms with Crippen molar-refractivity contribution in [2.75, 3.05) is 33.4 Å². The molecule has 1 heterocycles. The topological polar surface area (TPSA) is 65.6 Å². The number of nitrogens with one attached hydrogen (secondary N) is 1. The van der Waals surface area contributed by atoms with E-state index in [4.69, 9.17) is 4.74 Å². The lowest BCUT2D eigenvalue weighted by atomic mass is 10.0. The molecule has 0 fully saturated rings. The van der Waals surface area contributed by atoms with Crippen molar-refractivity contribution in [3.63, 3.8) is 0 Å². The number of nitrogens with zero attached hydrogens (tertiary/aromatic N) is 2. The third-order valence-electron chi connectivity index (χ3n) is 7.56. The number of carbonyl (C=O) groups is 2. The van der Waals surface area contributed by atoms with E-state index >= 15 is 0 Å². The molecule has 0 saturated heterocycles. The van der Waals surface area contributed by atoms with Crippen molar-refractivity contribution in [2.45, 2.75) is 37.9 Å². The van der Waals surface area contributed by atoms with Crippen LogP contribution in [-0.2, 0) is 41.0 Å². The zero-order valence-electron chi connectivity index (χ0n) is 25.4. The van der Waals surface area contributed by atoms with Crippen LogP contribution in [-0.4, -0.2) is 59.9 Å². The highest BCUT2D eigenvalue weighted by Gasteiger charge is 2.38. The SMILES string of the molecule is COCCCN(CC(=O)N(CCc1c[nH]c2ccccc12)Cc1ccc(C(F)(F)F)cc1)C(=O)c1cc(C(F)(F)F)cc(C(F)(F)F)c1. The van der Waals surface area contributed by atoms with Gasteiger partial charge in [-0.25, -0.2) is 0 Å². The molecule has 258 valence electrons. The lowest BCUT2D eigenvalue weighted by Crippen LogP contribution is -2.44. The second kappa shape index (κ2) is 14.7. The van der Waals surface area contributed by atoms with Gasteiger partial charge in [0.05, 0.1) is 16.7 Å². The molecule has 0 radical (unpaired) electrons. The molecule has 6 nitrogen and oxygen atoms in total. The number of hydrogen-bond donors (Lipinski definition) is 1. The number of fused-ring (bicyclic) bond motifs is 1. The van der Waals surface area contributed by atoms with Gasteiger partial charge in [0.2, 0.25) is 5.91 Å². The Morgan fingerprint density at radius 2 is 1.35 bits per heavy atom. The third kappa shape index (κ3) is 9.30. The Kier molecular flexibility index (Phi) is 11.1. The van der Waals surface area contributed by atoms with Gasteiger partial charge in [-0.05, 0) is 60.4 Å². The summed E-state index contributed by atoms with van der Waals surface area (Å²) in [5.41, 5.74) is -3.25. The van der Waals surface area contributed by atoms with Crippen molar-refractivity contribution in [3.8, 4) is 0 Å². The molecule has 48 heavy (non-hydrogen) atoms. The fourth-order valence-electron chi connectivity index (χ4n) is 5.08. The lowest BCUT2D eigenvalue weighted by Gasteiger charge is -2.28. The number of amides is 2. The minimum absolute atomic E-state index is 0.0174. The van der Waals surface area contributed by atoms with Crippen molar-refractivity contribution < 1.29 is 53.8 Å². The normalized spacial score (nSPS) is 12.4. The van der Waals surface area contributed by atoms with Crippen molar-refractivity contribution >= 4 is 22.7 Å². The van der Waals surface area contributed by atoms with Crippen LogP contribution in [0.1, 0.15) is 44.6 Å². The summed E-state index contributed by atoms with van der Waals surface area (Å²) in [5, 5.41) is 0.862. The highest BCUT2D eigenvalue weighted by atomic mass is 19.4. The van der Waals surface area contributed by atoms with Gasteiger partial charge >= 0.3 is 18.5 Å². The summed E-state index contributed by atoms with van der Waals surface area (Å²) in [6.07, 6.45) is -12.9. The van der Waals surface area contributed by atoms with E-state index in [-0.39, 0.29) is 45.1 Å². The third-order valence-corrected chi connectivity index (χ3v) is 7.56. The molecule has 1 N–H and O–H groups in total. The predicted octanol–water partition coefficient (Wildman–Crippen LogP) is 7.97. The van der Waals surface area contributed by atoms with Crippen LogP contribution in [0.5, 0.6) is 0 Å². The molecule has 0 spiro atoms. The van der Waals surface area contributed by atoms with Gasteiger partial charge in [0, 0.05) is 56.0 Å². The molecule has 4 rings (SSSR count). The minimum Gasteiger partial charge on any atom is -0.385 e. The first-order valence-corrected chi connectivity index (χ1v) is 14.5. The van der Waals surface area contributed by atoms with Crippen LogP contribution in [0.4, 0.5) is 39.5 Å². The maximum absolute atomic E-state index is 13.8. The lowest BCUT2D eigenvalue weighted by molar-refractivity contribution is -0.143. The fourth-order valence-corrected chi connectivity index (χ4v) is 5.08. The van der Waals surface area contributed by atoms with Crippen molar-refractivity contribution in [3.05, 3.63) is 106 Å². The van der Waals surface area contributed by atoms with Crippen molar-refractivity contribution in [1.82, 2.24) is 14.8 Å². The number of benzene rings is 3. The van der Waals surface area contributed by atoms with E-state index in [9.17, 15) is 49.1 Å². The first kappa shape index (κ1) is 36.3. The van der Waals surface area contributed by atoms with Crippen LogP contribution < -0.4 is 0 Å². The molecule has 0 saturated carbocycles. The molecule has 0 aliphatic carbocycles. The first-order chi connectivity index (χ1) is 22.5. The summed E-state index contributed by atoms with van der Waals surface area (Å²) in [6.45, 7) is -1.11. The number of hydrogen-bond acceptors (Lipinski definition) is 3. The van der Waals surface area contributed by atoms with E-state index in [1.54, 1.807) is 6.20 Å². The number of ether oxygens (including phenoxy) is 1. The molecule has 0 bridgehead atoms. The van der Waals surface area contributed by atoms with Crippen molar-refractivity contribution in [2.24, 2.45) is 0 Å². The average Bonchev–Trinajstić information content (AvgIpc) is 3.44. The Bertz CT molecular complexity index is 1680. The zero-order valence-corrected chi connectivity index (χ0v) is 25.4. The van der Waals surface area contributed by atoms with Crippen LogP contribution in [0.15, 0.2) is 72.9 Å². The van der Waals surface area contributed by atoms with E-state index in [0.29, 0.717) is 17.7 Å². The second-order valence-electron chi connectivity index (χ2n) is 11.0. The van der Waals surface area contributed by atoms with Crippen LogP contribution >= 0.6 is 0 Å². The Balaban J connectivity index is 1.65. The maximum Gasteiger partial charge on any atom is 0.416 e. The number of para-hydroxylation sites is 1. The van der Waals surface area contributed by atoms with Crippen LogP contribution in [0, 0.1) is 0 Å². The molecule has 15 heteroatoms. The number of aromatic nitrogens is 1. The number of H-pyrrole nitrogens is 1. The fraction of sp³-hybridized carbons (Fsp3) is 0.333. The molecule has 0 atom stereocenters. The minimum atomic E-state index is -5.20. The summed E-state index contributed by atoms with van der Waals surface area (Å²) < 4.78 is 126. The molecular formula is C33H30F9N3O3. The van der Waals surface area contributed by atoms with E-state index in [2.05, 4.69) is 4.98 Å². The molecule has 1 aromatic heterocycles.